The van der Waals surface area contributed by atoms with Gasteiger partial charge in [0.15, 0.2) is 5.60 Å². The van der Waals surface area contributed by atoms with Crippen LogP contribution in [0.25, 0.3) is 0 Å². The quantitative estimate of drug-likeness (QED) is 0.729. The monoisotopic (exact) mass is 283 g/mol. The van der Waals surface area contributed by atoms with Crippen LogP contribution in [0.1, 0.15) is 40.5 Å². The van der Waals surface area contributed by atoms with E-state index in [0.717, 1.165) is 6.42 Å². The lowest BCUT2D eigenvalue weighted by atomic mass is 9.63. The van der Waals surface area contributed by atoms with Crippen LogP contribution < -0.4 is 0 Å². The molecule has 0 aromatic heterocycles. The summed E-state index contributed by atoms with van der Waals surface area (Å²) in [6, 6.07) is -0.499. The second kappa shape index (κ2) is 4.72. The van der Waals surface area contributed by atoms with Gasteiger partial charge in [-0.05, 0) is 19.8 Å². The first-order valence-corrected chi connectivity index (χ1v) is 7.08. The Hall–Kier alpha value is -1.10. The number of carbonyl (C=O) groups is 1. The largest absolute Gasteiger partial charge is 0.481 e. The van der Waals surface area contributed by atoms with Crippen LogP contribution in [0.4, 0.5) is 0 Å². The van der Waals surface area contributed by atoms with Crippen molar-refractivity contribution in [1.82, 2.24) is 0 Å². The first kappa shape index (κ1) is 15.3. The van der Waals surface area contributed by atoms with Crippen LogP contribution in [0.5, 0.6) is 0 Å². The number of hydrogen-bond acceptors (Lipinski definition) is 5. The summed E-state index contributed by atoms with van der Waals surface area (Å²) in [6.45, 7) is 8.73. The number of nitrogens with zero attached hydrogens (tertiary/aromatic N) is 1. The van der Waals surface area contributed by atoms with Crippen molar-refractivity contribution in [3.8, 4) is 0 Å². The smallest absolute Gasteiger partial charge is 0.331 e. The molecule has 1 heterocycles. The summed E-state index contributed by atoms with van der Waals surface area (Å²) in [5.41, 5.74) is -1.19. The maximum Gasteiger partial charge on any atom is 0.331 e. The maximum absolute atomic E-state index is 12.1. The lowest BCUT2D eigenvalue weighted by Crippen LogP contribution is -2.59. The fourth-order valence-electron chi connectivity index (χ4n) is 3.54. The molecule has 0 unspecified atom stereocenters. The Morgan fingerprint density at radius 3 is 2.50 bits per heavy atom. The molecule has 1 fully saturated rings. The Morgan fingerprint density at radius 2 is 1.95 bits per heavy atom. The Bertz CT molecular complexity index is 445. The Labute approximate surface area is 120 Å². The van der Waals surface area contributed by atoms with E-state index < -0.39 is 11.6 Å². The first-order chi connectivity index (χ1) is 9.24. The highest BCUT2D eigenvalue weighted by atomic mass is 16.6. The molecule has 3 atom stereocenters. The summed E-state index contributed by atoms with van der Waals surface area (Å²) in [5.74, 6) is 0.259. The van der Waals surface area contributed by atoms with Crippen molar-refractivity contribution < 1.29 is 19.0 Å². The summed E-state index contributed by atoms with van der Waals surface area (Å²) >= 11 is 0. The van der Waals surface area contributed by atoms with Crippen molar-refractivity contribution >= 4 is 11.9 Å². The van der Waals surface area contributed by atoms with Gasteiger partial charge in [-0.1, -0.05) is 20.8 Å². The van der Waals surface area contributed by atoms with Crippen LogP contribution in [0.2, 0.25) is 0 Å². The van der Waals surface area contributed by atoms with Crippen molar-refractivity contribution in [2.45, 2.75) is 52.2 Å². The van der Waals surface area contributed by atoms with E-state index in [-0.39, 0.29) is 16.8 Å². The number of aliphatic imine (C=N–C) groups is 1. The van der Waals surface area contributed by atoms with Crippen molar-refractivity contribution in [1.29, 1.82) is 0 Å². The maximum atomic E-state index is 12.1. The van der Waals surface area contributed by atoms with Crippen molar-refractivity contribution in [2.75, 3.05) is 20.8 Å². The molecule has 0 bridgehead atoms. The Kier molecular flexibility index (Phi) is 3.61. The van der Waals surface area contributed by atoms with Gasteiger partial charge in [0.05, 0.1) is 13.7 Å². The predicted molar refractivity (Wildman–Crippen MR) is 75.7 cm³/mol. The van der Waals surface area contributed by atoms with E-state index >= 15 is 0 Å². The van der Waals surface area contributed by atoms with Gasteiger partial charge in [-0.15, -0.1) is 0 Å². The number of esters is 1. The van der Waals surface area contributed by atoms with E-state index in [0.29, 0.717) is 18.9 Å². The number of hydrogen-bond donors (Lipinski definition) is 0. The van der Waals surface area contributed by atoms with E-state index in [9.17, 15) is 4.79 Å². The summed E-state index contributed by atoms with van der Waals surface area (Å²) in [4.78, 5) is 16.5. The van der Waals surface area contributed by atoms with E-state index in [1.54, 1.807) is 21.1 Å². The van der Waals surface area contributed by atoms with Gasteiger partial charge in [-0.25, -0.2) is 9.79 Å². The second-order valence-corrected chi connectivity index (χ2v) is 6.68. The molecule has 1 aliphatic heterocycles. The molecule has 0 saturated heterocycles. The number of ether oxygens (including phenoxy) is 3. The van der Waals surface area contributed by atoms with Crippen molar-refractivity contribution in [2.24, 2.45) is 15.8 Å². The van der Waals surface area contributed by atoms with Crippen molar-refractivity contribution in [3.05, 3.63) is 0 Å². The highest BCUT2D eigenvalue weighted by molar-refractivity contribution is 5.95. The standard InChI is InChI=1S/C15H25NO4/c1-10-11(17)20-15(12(16-10)19-6)8-7-14(4,9-18-5)13(15,2)3/h10H,7-9H2,1-6H3/t10-,14-,15+/m0/s1. The molecule has 5 heteroatoms. The minimum atomic E-state index is -0.779. The van der Waals surface area contributed by atoms with Crippen LogP contribution in [0.3, 0.4) is 0 Å². The van der Waals surface area contributed by atoms with E-state index in [2.05, 4.69) is 25.8 Å². The van der Waals surface area contributed by atoms with Crippen LogP contribution in [-0.2, 0) is 19.0 Å². The molecular weight excluding hydrogens is 258 g/mol. The summed E-state index contributed by atoms with van der Waals surface area (Å²) in [5, 5.41) is 0. The Morgan fingerprint density at radius 1 is 1.30 bits per heavy atom. The van der Waals surface area contributed by atoms with Crippen molar-refractivity contribution in [3.63, 3.8) is 0 Å². The molecule has 114 valence electrons. The summed E-state index contributed by atoms with van der Waals surface area (Å²) < 4.78 is 16.7. The van der Waals surface area contributed by atoms with Gasteiger partial charge in [0.25, 0.3) is 0 Å². The normalized spacial score (nSPS) is 39.6. The molecule has 1 aliphatic carbocycles. The van der Waals surface area contributed by atoms with Gasteiger partial charge in [-0.2, -0.15) is 0 Å². The number of methoxy groups -OCH3 is 2. The molecule has 5 nitrogen and oxygen atoms in total. The molecule has 2 rings (SSSR count). The summed E-state index contributed by atoms with van der Waals surface area (Å²) in [7, 11) is 3.29. The van der Waals surface area contributed by atoms with Crippen LogP contribution in [-0.4, -0.2) is 44.3 Å². The van der Waals surface area contributed by atoms with Gasteiger partial charge in [-0.3, -0.25) is 0 Å². The minimum absolute atomic E-state index is 0.0953. The molecule has 0 radical (unpaired) electrons. The molecule has 0 aromatic rings. The average molecular weight is 283 g/mol. The zero-order valence-corrected chi connectivity index (χ0v) is 13.3. The third-order valence-electron chi connectivity index (χ3n) is 5.48. The minimum Gasteiger partial charge on any atom is -0.481 e. The second-order valence-electron chi connectivity index (χ2n) is 6.68. The zero-order valence-electron chi connectivity index (χ0n) is 13.3. The Balaban J connectivity index is 2.50. The van der Waals surface area contributed by atoms with Gasteiger partial charge >= 0.3 is 5.97 Å². The molecule has 20 heavy (non-hydrogen) atoms. The highest BCUT2D eigenvalue weighted by Crippen LogP contribution is 2.61. The first-order valence-electron chi connectivity index (χ1n) is 7.08. The van der Waals surface area contributed by atoms with E-state index in [4.69, 9.17) is 14.2 Å². The zero-order chi connectivity index (χ0) is 15.2. The highest BCUT2D eigenvalue weighted by Gasteiger charge is 2.67. The van der Waals surface area contributed by atoms with Gasteiger partial charge < -0.3 is 14.2 Å². The fraction of sp³-hybridized carbons (Fsp3) is 0.867. The molecule has 1 spiro atoms. The predicted octanol–water partition coefficient (Wildman–Crippen LogP) is 2.19. The summed E-state index contributed by atoms with van der Waals surface area (Å²) in [6.07, 6.45) is 1.61. The number of rotatable bonds is 2. The third-order valence-corrected chi connectivity index (χ3v) is 5.48. The van der Waals surface area contributed by atoms with Gasteiger partial charge in [0.2, 0.25) is 5.90 Å². The van der Waals surface area contributed by atoms with E-state index in [1.807, 2.05) is 0 Å². The molecule has 0 N–H and O–H groups in total. The molecular formula is C15H25NO4. The SMILES string of the molecule is COC[C@]1(C)CC[C@]2(OC(=O)[C@H](C)N=C2OC)C1(C)C. The third kappa shape index (κ3) is 1.79. The van der Waals surface area contributed by atoms with E-state index in [1.165, 1.54) is 0 Å². The van der Waals surface area contributed by atoms with Gasteiger partial charge in [0, 0.05) is 17.9 Å². The molecule has 2 aliphatic rings. The molecule has 0 amide bonds. The molecule has 1 saturated carbocycles. The number of carbonyl (C=O) groups excluding carboxylic acids is 1. The van der Waals surface area contributed by atoms with Gasteiger partial charge in [0.1, 0.15) is 6.04 Å². The fourth-order valence-corrected chi connectivity index (χ4v) is 3.54. The van der Waals surface area contributed by atoms with Crippen LogP contribution in [0.15, 0.2) is 4.99 Å². The lowest BCUT2D eigenvalue weighted by Gasteiger charge is -2.48. The molecule has 0 aromatic carbocycles. The van der Waals surface area contributed by atoms with Crippen LogP contribution in [0, 0.1) is 10.8 Å². The topological polar surface area (TPSA) is 57.1 Å². The average Bonchev–Trinajstić information content (AvgIpc) is 2.56. The van der Waals surface area contributed by atoms with Crippen LogP contribution >= 0.6 is 0 Å². The lowest BCUT2D eigenvalue weighted by molar-refractivity contribution is -0.172.